The Morgan fingerprint density at radius 2 is 1.79 bits per heavy atom. The molecule has 57 heavy (non-hydrogen) atoms. The number of fused-ring (bicyclic) bond motifs is 5. The number of ether oxygens (including phenoxy) is 2. The molecule has 3 heterocycles. The van der Waals surface area contributed by atoms with E-state index in [0.717, 1.165) is 32.1 Å². The Morgan fingerprint density at radius 1 is 1.04 bits per heavy atom. The third-order valence-electron chi connectivity index (χ3n) is 12.3. The summed E-state index contributed by atoms with van der Waals surface area (Å²) in [5, 5.41) is 4.85. The zero-order valence-corrected chi connectivity index (χ0v) is 34.1. The van der Waals surface area contributed by atoms with Crippen molar-refractivity contribution in [3.63, 3.8) is 0 Å². The van der Waals surface area contributed by atoms with E-state index in [1.807, 2.05) is 4.72 Å². The molecule has 18 heteroatoms. The molecular weight excluding hydrogens is 786 g/mol. The number of aromatic nitrogens is 2. The molecule has 2 bridgehead atoms. The van der Waals surface area contributed by atoms with Crippen LogP contribution in [0, 0.1) is 23.2 Å². The lowest BCUT2D eigenvalue weighted by Gasteiger charge is -2.35. The highest BCUT2D eigenvalue weighted by Crippen LogP contribution is 2.48. The molecule has 4 fully saturated rings. The van der Waals surface area contributed by atoms with Crippen LogP contribution in [0.5, 0.6) is 5.88 Å². The van der Waals surface area contributed by atoms with Crippen molar-refractivity contribution in [2.45, 2.75) is 140 Å². The van der Waals surface area contributed by atoms with E-state index in [2.05, 4.69) is 17.6 Å². The molecule has 3 saturated carbocycles. The summed E-state index contributed by atoms with van der Waals surface area (Å²) in [7, 11) is -4.13. The highest BCUT2D eigenvalue weighted by Gasteiger charge is 2.67. The standard InChI is InChI=1S/C39H51ClF2N6O8S/c1-20-10-15-30-24(20)8-6-5-7-9-27-34(44-28-16-21(40)11-14-26(28)43-27)55-22-17-29(48(19-22)35(50)31(38(2,3)4)45-37(52)56-30)33(49)46-39(18-25(39)32(41)42)36(51)47-57(53,54)23-12-13-23/h11,14,16,20,22-25,29-32H,5-10,12-13,15,17-19H2,1-4H3,(H,45,52)(H,46,49)(H,47,51). The van der Waals surface area contributed by atoms with Crippen molar-refractivity contribution in [3.05, 3.63) is 28.9 Å². The molecule has 3 N–H and O–H groups in total. The van der Waals surface area contributed by atoms with Crippen molar-refractivity contribution in [1.82, 2.24) is 30.2 Å². The molecule has 7 rings (SSSR count). The average molecular weight is 837 g/mol. The van der Waals surface area contributed by atoms with Crippen molar-refractivity contribution in [3.8, 4) is 5.88 Å². The number of nitrogens with one attached hydrogen (secondary N) is 3. The van der Waals surface area contributed by atoms with Crippen LogP contribution in [-0.2, 0) is 35.6 Å². The molecule has 1 aromatic heterocycles. The van der Waals surface area contributed by atoms with Crippen molar-refractivity contribution >= 4 is 56.5 Å². The molecule has 2 aromatic rings. The predicted octanol–water partition coefficient (Wildman–Crippen LogP) is 5.05. The SMILES string of the molecule is CC1CCC2OC(=O)NC(C(C)(C)C)C(=O)N3CC(CC3C(=O)NC3(C(=O)NS(=O)(=O)C4CC4)CC3C(F)F)Oc3nc4cc(Cl)ccc4nc3CCCCCC12. The molecule has 8 atom stereocenters. The van der Waals surface area contributed by atoms with E-state index >= 15 is 0 Å². The first kappa shape index (κ1) is 41.3. The van der Waals surface area contributed by atoms with Crippen LogP contribution in [0.1, 0.15) is 97.6 Å². The van der Waals surface area contributed by atoms with E-state index in [-0.39, 0.29) is 30.9 Å². The van der Waals surface area contributed by atoms with Gasteiger partial charge in [-0.2, -0.15) is 0 Å². The first-order valence-corrected chi connectivity index (χ1v) is 21.9. The molecule has 5 aliphatic rings. The van der Waals surface area contributed by atoms with E-state index < -0.39 is 87.0 Å². The summed E-state index contributed by atoms with van der Waals surface area (Å²) >= 11 is 6.30. The second kappa shape index (κ2) is 15.7. The highest BCUT2D eigenvalue weighted by atomic mass is 35.5. The fraction of sp³-hybridized carbons (Fsp3) is 0.692. The lowest BCUT2D eigenvalue weighted by atomic mass is 9.85. The maximum atomic E-state index is 14.7. The Balaban J connectivity index is 1.23. The Kier molecular flexibility index (Phi) is 11.4. The van der Waals surface area contributed by atoms with E-state index in [9.17, 15) is 36.4 Å². The van der Waals surface area contributed by atoms with Gasteiger partial charge in [-0.1, -0.05) is 52.1 Å². The van der Waals surface area contributed by atoms with Gasteiger partial charge in [0, 0.05) is 11.4 Å². The predicted molar refractivity (Wildman–Crippen MR) is 205 cm³/mol. The van der Waals surface area contributed by atoms with Gasteiger partial charge in [0.05, 0.1) is 28.7 Å². The van der Waals surface area contributed by atoms with E-state index in [0.29, 0.717) is 53.4 Å². The summed E-state index contributed by atoms with van der Waals surface area (Å²) in [5.74, 6) is -3.84. The number of carbonyl (C=O) groups is 4. The summed E-state index contributed by atoms with van der Waals surface area (Å²) in [4.78, 5) is 66.9. The topological polar surface area (TPSA) is 186 Å². The first-order valence-electron chi connectivity index (χ1n) is 19.9. The van der Waals surface area contributed by atoms with Crippen LogP contribution in [0.15, 0.2) is 18.2 Å². The molecular formula is C39H51ClF2N6O8S. The second-order valence-electron chi connectivity index (χ2n) is 17.6. The maximum absolute atomic E-state index is 14.7. The van der Waals surface area contributed by atoms with Gasteiger partial charge in [0.15, 0.2) is 0 Å². The summed E-state index contributed by atoms with van der Waals surface area (Å²) < 4.78 is 68.2. The van der Waals surface area contributed by atoms with Gasteiger partial charge in [0.2, 0.25) is 34.1 Å². The van der Waals surface area contributed by atoms with Crippen molar-refractivity contribution < 1.29 is 45.9 Å². The van der Waals surface area contributed by atoms with Crippen LogP contribution in [-0.4, -0.2) is 95.2 Å². The van der Waals surface area contributed by atoms with Crippen LogP contribution >= 0.6 is 11.6 Å². The summed E-state index contributed by atoms with van der Waals surface area (Å²) in [5.41, 5.74) is -1.45. The Morgan fingerprint density at radius 3 is 2.47 bits per heavy atom. The number of amides is 4. The van der Waals surface area contributed by atoms with Gasteiger partial charge in [0.25, 0.3) is 5.91 Å². The molecule has 3 aliphatic carbocycles. The largest absolute Gasteiger partial charge is 0.471 e. The minimum Gasteiger partial charge on any atom is -0.471 e. The quantitative estimate of drug-likeness (QED) is 0.356. The molecule has 2 aliphatic heterocycles. The number of carbonyl (C=O) groups excluding carboxylic acids is 4. The van der Waals surface area contributed by atoms with Gasteiger partial charge in [-0.15, -0.1) is 0 Å². The molecule has 0 spiro atoms. The number of nitrogens with zero attached hydrogens (tertiary/aromatic N) is 3. The second-order valence-corrected chi connectivity index (χ2v) is 20.0. The van der Waals surface area contributed by atoms with Crippen molar-refractivity contribution in [2.24, 2.45) is 23.2 Å². The third kappa shape index (κ3) is 8.79. The molecule has 0 radical (unpaired) electrons. The summed E-state index contributed by atoms with van der Waals surface area (Å²) in [6, 6.07) is 2.56. The number of hydrogen-bond acceptors (Lipinski definition) is 10. The fourth-order valence-electron chi connectivity index (χ4n) is 8.67. The molecule has 14 nitrogen and oxygen atoms in total. The van der Waals surface area contributed by atoms with Gasteiger partial charge in [-0.05, 0) is 86.8 Å². The van der Waals surface area contributed by atoms with Crippen molar-refractivity contribution in [2.75, 3.05) is 6.54 Å². The first-order chi connectivity index (χ1) is 26.9. The number of hydrogen-bond donors (Lipinski definition) is 3. The van der Waals surface area contributed by atoms with Crippen LogP contribution in [0.25, 0.3) is 11.0 Å². The average Bonchev–Trinajstić information content (AvgIpc) is 4.04. The summed E-state index contributed by atoms with van der Waals surface area (Å²) in [6.07, 6.45) is 0.494. The zero-order valence-electron chi connectivity index (χ0n) is 32.6. The van der Waals surface area contributed by atoms with Gasteiger partial charge < -0.3 is 25.0 Å². The minimum atomic E-state index is -4.13. The van der Waals surface area contributed by atoms with Crippen molar-refractivity contribution in [1.29, 1.82) is 0 Å². The number of alkyl carbamates (subject to hydrolysis) is 1. The monoisotopic (exact) mass is 836 g/mol. The van der Waals surface area contributed by atoms with Gasteiger partial charge in [0.1, 0.15) is 35.5 Å². The molecule has 8 unspecified atom stereocenters. The van der Waals surface area contributed by atoms with Crippen LogP contribution in [0.3, 0.4) is 0 Å². The van der Waals surface area contributed by atoms with Gasteiger partial charge >= 0.3 is 6.09 Å². The lowest BCUT2D eigenvalue weighted by Crippen LogP contribution is -2.60. The Labute approximate surface area is 336 Å². The number of halogens is 3. The number of aryl methyl sites for hydroxylation is 1. The number of alkyl halides is 2. The Hall–Kier alpha value is -3.86. The van der Waals surface area contributed by atoms with E-state index in [1.165, 1.54) is 4.90 Å². The van der Waals surface area contributed by atoms with Crippen LogP contribution in [0.2, 0.25) is 5.02 Å². The lowest BCUT2D eigenvalue weighted by molar-refractivity contribution is -0.143. The van der Waals surface area contributed by atoms with E-state index in [4.69, 9.17) is 31.0 Å². The molecule has 1 saturated heterocycles. The normalized spacial score (nSPS) is 31.3. The highest BCUT2D eigenvalue weighted by molar-refractivity contribution is 7.91. The van der Waals surface area contributed by atoms with E-state index in [1.54, 1.807) is 39.0 Å². The zero-order chi connectivity index (χ0) is 41.0. The number of sulfonamides is 1. The van der Waals surface area contributed by atoms with Gasteiger partial charge in [-0.3, -0.25) is 19.1 Å². The molecule has 4 amide bonds. The van der Waals surface area contributed by atoms with Gasteiger partial charge in [-0.25, -0.2) is 32.0 Å². The molecule has 1 aromatic carbocycles. The summed E-state index contributed by atoms with van der Waals surface area (Å²) in [6.45, 7) is 7.23. The molecule has 312 valence electrons. The smallest absolute Gasteiger partial charge is 0.408 e. The third-order valence-corrected chi connectivity index (χ3v) is 14.3. The fourth-order valence-corrected chi connectivity index (χ4v) is 10.2. The Bertz CT molecular complexity index is 2030. The minimum absolute atomic E-state index is 0.137. The number of rotatable bonds is 6. The maximum Gasteiger partial charge on any atom is 0.408 e. The number of benzene rings is 1. The van der Waals surface area contributed by atoms with Crippen LogP contribution in [0.4, 0.5) is 13.6 Å². The van der Waals surface area contributed by atoms with Crippen LogP contribution < -0.4 is 20.1 Å².